The van der Waals surface area contributed by atoms with Gasteiger partial charge in [0.25, 0.3) is 0 Å². The minimum atomic E-state index is -0.654. The van der Waals surface area contributed by atoms with E-state index < -0.39 is 12.1 Å². The highest BCUT2D eigenvalue weighted by molar-refractivity contribution is 6.32. The van der Waals surface area contributed by atoms with Gasteiger partial charge in [0, 0.05) is 6.42 Å². The highest BCUT2D eigenvalue weighted by Crippen LogP contribution is 2.24. The van der Waals surface area contributed by atoms with Gasteiger partial charge < -0.3 is 4.74 Å². The molecular formula is C18H19ClN2O3. The van der Waals surface area contributed by atoms with Crippen molar-refractivity contribution < 1.29 is 14.3 Å². The van der Waals surface area contributed by atoms with Gasteiger partial charge in [0.2, 0.25) is 0 Å². The van der Waals surface area contributed by atoms with Crippen LogP contribution in [0.3, 0.4) is 0 Å². The third-order valence-corrected chi connectivity index (χ3v) is 4.58. The molecule has 24 heavy (non-hydrogen) atoms. The van der Waals surface area contributed by atoms with Gasteiger partial charge in [-0.15, -0.1) is 0 Å². The molecule has 1 fully saturated rings. The molecule has 6 heteroatoms. The zero-order valence-electron chi connectivity index (χ0n) is 13.5. The summed E-state index contributed by atoms with van der Waals surface area (Å²) in [6.45, 7) is 2.18. The average molecular weight is 347 g/mol. The Balaban J connectivity index is 1.78. The fourth-order valence-corrected chi connectivity index (χ4v) is 3.22. The van der Waals surface area contributed by atoms with E-state index in [0.29, 0.717) is 25.1 Å². The van der Waals surface area contributed by atoms with Crippen molar-refractivity contribution in [3.8, 4) is 0 Å². The minimum Gasteiger partial charge on any atom is -0.451 e. The molecule has 0 N–H and O–H groups in total. The third-order valence-electron chi connectivity index (χ3n) is 4.19. The number of aryl methyl sites for hydroxylation is 1. The van der Waals surface area contributed by atoms with E-state index in [1.165, 1.54) is 0 Å². The fourth-order valence-electron chi connectivity index (χ4n) is 2.91. The molecule has 0 saturated heterocycles. The minimum absolute atomic E-state index is 0.0138. The number of nitrogens with zero attached hydrogens (tertiary/aromatic N) is 2. The molecule has 1 aliphatic carbocycles. The lowest BCUT2D eigenvalue weighted by atomic mass is 9.96. The van der Waals surface area contributed by atoms with Crippen molar-refractivity contribution in [1.29, 1.82) is 0 Å². The maximum atomic E-state index is 12.5. The zero-order chi connectivity index (χ0) is 17.1. The number of halogens is 1. The van der Waals surface area contributed by atoms with Crippen molar-refractivity contribution >= 4 is 23.4 Å². The summed E-state index contributed by atoms with van der Waals surface area (Å²) in [7, 11) is 0. The molecule has 0 unspecified atom stereocenters. The second-order valence-corrected chi connectivity index (χ2v) is 6.36. The molecule has 0 bridgehead atoms. The summed E-state index contributed by atoms with van der Waals surface area (Å²) in [5, 5.41) is 4.58. The summed E-state index contributed by atoms with van der Waals surface area (Å²) in [6, 6.07) is 9.73. The van der Waals surface area contributed by atoms with Crippen molar-refractivity contribution in [1.82, 2.24) is 9.78 Å². The Morgan fingerprint density at radius 2 is 2.08 bits per heavy atom. The first kappa shape index (κ1) is 16.7. The highest BCUT2D eigenvalue weighted by atomic mass is 35.5. The van der Waals surface area contributed by atoms with E-state index >= 15 is 0 Å². The van der Waals surface area contributed by atoms with Gasteiger partial charge in [-0.1, -0.05) is 41.9 Å². The van der Waals surface area contributed by atoms with Crippen LogP contribution in [0.2, 0.25) is 5.15 Å². The molecule has 3 rings (SSSR count). The van der Waals surface area contributed by atoms with Crippen molar-refractivity contribution in [3.05, 3.63) is 52.3 Å². The first-order chi connectivity index (χ1) is 11.6. The normalized spacial score (nSPS) is 17.8. The Bertz CT molecular complexity index is 755. The molecule has 5 nitrogen and oxygen atoms in total. The fraction of sp³-hybridized carbons (Fsp3) is 0.389. The van der Waals surface area contributed by atoms with Crippen LogP contribution in [0, 0.1) is 6.92 Å². The van der Waals surface area contributed by atoms with Crippen molar-refractivity contribution in [2.75, 3.05) is 0 Å². The lowest BCUT2D eigenvalue weighted by molar-refractivity contribution is -0.129. The first-order valence-electron chi connectivity index (χ1n) is 8.07. The van der Waals surface area contributed by atoms with Crippen molar-refractivity contribution in [3.63, 3.8) is 0 Å². The lowest BCUT2D eigenvalue weighted by Crippen LogP contribution is -2.30. The second kappa shape index (κ2) is 7.18. The maximum absolute atomic E-state index is 12.5. The second-order valence-electron chi connectivity index (χ2n) is 6.00. The van der Waals surface area contributed by atoms with E-state index in [0.717, 1.165) is 18.4 Å². The highest BCUT2D eigenvalue weighted by Gasteiger charge is 2.29. The number of hydrogen-bond donors (Lipinski definition) is 0. The Hall–Kier alpha value is -2.14. The van der Waals surface area contributed by atoms with Crippen LogP contribution in [0.4, 0.5) is 0 Å². The third kappa shape index (κ3) is 3.51. The van der Waals surface area contributed by atoms with Gasteiger partial charge in [-0.05, 0) is 31.7 Å². The van der Waals surface area contributed by atoms with Crippen LogP contribution in [0.1, 0.15) is 47.3 Å². The quantitative estimate of drug-likeness (QED) is 0.794. The number of ether oxygens (including phenoxy) is 1. The standard InChI is InChI=1S/C18H19ClN2O3/c1-12-16(18(23)24-15-10-6-5-9-14(15)22)17(19)21(20-12)11-13-7-3-2-4-8-13/h2-4,7-8,15H,5-6,9-11H2,1H3/t15-/m1/s1. The molecule has 1 heterocycles. The van der Waals surface area contributed by atoms with E-state index in [-0.39, 0.29) is 16.5 Å². The maximum Gasteiger partial charge on any atom is 0.343 e. The smallest absolute Gasteiger partial charge is 0.343 e. The Labute approximate surface area is 145 Å². The molecule has 0 spiro atoms. The topological polar surface area (TPSA) is 61.2 Å². The van der Waals surface area contributed by atoms with Gasteiger partial charge in [-0.25, -0.2) is 9.48 Å². The van der Waals surface area contributed by atoms with E-state index in [1.54, 1.807) is 11.6 Å². The van der Waals surface area contributed by atoms with Gasteiger partial charge in [0.05, 0.1) is 12.2 Å². The summed E-state index contributed by atoms with van der Waals surface area (Å²) in [6.07, 6.45) is 2.15. The molecule has 1 aliphatic rings. The van der Waals surface area contributed by atoms with Crippen molar-refractivity contribution in [2.24, 2.45) is 0 Å². The monoisotopic (exact) mass is 346 g/mol. The van der Waals surface area contributed by atoms with E-state index in [9.17, 15) is 9.59 Å². The number of hydrogen-bond acceptors (Lipinski definition) is 4. The number of esters is 1. The molecule has 2 aromatic rings. The van der Waals surface area contributed by atoms with Crippen LogP contribution in [0.15, 0.2) is 30.3 Å². The molecule has 1 saturated carbocycles. The van der Waals surface area contributed by atoms with Crippen LogP contribution in [-0.2, 0) is 16.1 Å². The zero-order valence-corrected chi connectivity index (χ0v) is 14.3. The number of ketones is 1. The van der Waals surface area contributed by atoms with Gasteiger partial charge in [-0.3, -0.25) is 4.79 Å². The van der Waals surface area contributed by atoms with Gasteiger partial charge in [0.15, 0.2) is 11.9 Å². The molecule has 126 valence electrons. The molecular weight excluding hydrogens is 328 g/mol. The van der Waals surface area contributed by atoms with E-state index in [2.05, 4.69) is 5.10 Å². The molecule has 1 aromatic carbocycles. The molecule has 1 atom stereocenters. The molecule has 0 radical (unpaired) electrons. The lowest BCUT2D eigenvalue weighted by Gasteiger charge is -2.20. The molecule has 1 aromatic heterocycles. The summed E-state index contributed by atoms with van der Waals surface area (Å²) >= 11 is 6.34. The summed E-state index contributed by atoms with van der Waals surface area (Å²) in [5.74, 6) is -0.586. The van der Waals surface area contributed by atoms with Gasteiger partial charge >= 0.3 is 5.97 Å². The molecule has 0 aliphatic heterocycles. The predicted molar refractivity (Wildman–Crippen MR) is 90.2 cm³/mol. The largest absolute Gasteiger partial charge is 0.451 e. The van der Waals surface area contributed by atoms with Crippen molar-refractivity contribution in [2.45, 2.75) is 45.3 Å². The summed E-state index contributed by atoms with van der Waals surface area (Å²) in [5.41, 5.74) is 1.78. The number of benzene rings is 1. The van der Waals surface area contributed by atoms with Crippen LogP contribution in [-0.4, -0.2) is 27.6 Å². The number of carbonyl (C=O) groups is 2. The average Bonchev–Trinajstić information content (AvgIpc) is 2.84. The van der Waals surface area contributed by atoms with Crippen LogP contribution < -0.4 is 0 Å². The summed E-state index contributed by atoms with van der Waals surface area (Å²) < 4.78 is 6.96. The number of carbonyl (C=O) groups excluding carboxylic acids is 2. The van der Waals surface area contributed by atoms with Crippen LogP contribution in [0.5, 0.6) is 0 Å². The Morgan fingerprint density at radius 1 is 1.33 bits per heavy atom. The first-order valence-corrected chi connectivity index (χ1v) is 8.44. The summed E-state index contributed by atoms with van der Waals surface area (Å²) in [4.78, 5) is 24.3. The van der Waals surface area contributed by atoms with E-state index in [4.69, 9.17) is 16.3 Å². The number of aromatic nitrogens is 2. The van der Waals surface area contributed by atoms with Gasteiger partial charge in [0.1, 0.15) is 10.7 Å². The van der Waals surface area contributed by atoms with E-state index in [1.807, 2.05) is 30.3 Å². The Morgan fingerprint density at radius 3 is 2.79 bits per heavy atom. The van der Waals surface area contributed by atoms with Gasteiger partial charge in [-0.2, -0.15) is 5.10 Å². The number of rotatable bonds is 4. The Kier molecular flexibility index (Phi) is 5.00. The van der Waals surface area contributed by atoms with Crippen LogP contribution in [0.25, 0.3) is 0 Å². The SMILES string of the molecule is Cc1nn(Cc2ccccc2)c(Cl)c1C(=O)O[C@@H]1CCCCC1=O. The molecule has 0 amide bonds. The predicted octanol–water partition coefficient (Wildman–Crippen LogP) is 3.56. The van der Waals surface area contributed by atoms with Crippen LogP contribution >= 0.6 is 11.6 Å². The number of Topliss-reactive ketones (excluding diaryl/α,β-unsaturated/α-hetero) is 1.